The van der Waals surface area contributed by atoms with Crippen LogP contribution in [0.15, 0.2) is 30.5 Å². The zero-order valence-electron chi connectivity index (χ0n) is 17.5. The number of hydrogen-bond acceptors (Lipinski definition) is 5. The second kappa shape index (κ2) is 8.95. The standard InChI is InChI=1S/C22H30N4O2/c1-6-13-25(14-7-2)22-19(8-3)24-21-18(11-12-23-26(21)22)17-10-9-16(27-4)15-20(17)28-5/h9-12,15H,6-8,13-14H2,1-5H3. The molecule has 0 fully saturated rings. The first kappa shape index (κ1) is 20.0. The highest BCUT2D eigenvalue weighted by atomic mass is 16.5. The quantitative estimate of drug-likeness (QED) is 0.541. The molecule has 0 saturated heterocycles. The molecule has 28 heavy (non-hydrogen) atoms. The predicted octanol–water partition coefficient (Wildman–Crippen LogP) is 4.60. The number of ether oxygens (including phenoxy) is 2. The van der Waals surface area contributed by atoms with Gasteiger partial charge in [-0.15, -0.1) is 0 Å². The van der Waals surface area contributed by atoms with Gasteiger partial charge in [0.2, 0.25) is 0 Å². The van der Waals surface area contributed by atoms with Crippen LogP contribution in [0.4, 0.5) is 5.82 Å². The largest absolute Gasteiger partial charge is 0.497 e. The molecule has 0 amide bonds. The van der Waals surface area contributed by atoms with Crippen LogP contribution in [0.3, 0.4) is 0 Å². The van der Waals surface area contributed by atoms with Crippen LogP contribution in [0.25, 0.3) is 16.8 Å². The van der Waals surface area contributed by atoms with Gasteiger partial charge >= 0.3 is 0 Å². The van der Waals surface area contributed by atoms with Crippen LogP contribution in [-0.2, 0) is 6.42 Å². The zero-order valence-corrected chi connectivity index (χ0v) is 17.5. The number of anilines is 1. The first-order chi connectivity index (χ1) is 13.7. The van der Waals surface area contributed by atoms with E-state index in [-0.39, 0.29) is 0 Å². The van der Waals surface area contributed by atoms with Gasteiger partial charge in [0.05, 0.1) is 19.9 Å². The number of methoxy groups -OCH3 is 2. The molecule has 0 bridgehead atoms. The summed E-state index contributed by atoms with van der Waals surface area (Å²) in [6.45, 7) is 8.55. The summed E-state index contributed by atoms with van der Waals surface area (Å²) >= 11 is 0. The van der Waals surface area contributed by atoms with Crippen LogP contribution < -0.4 is 14.4 Å². The van der Waals surface area contributed by atoms with Crippen LogP contribution in [0.1, 0.15) is 39.3 Å². The molecule has 6 nitrogen and oxygen atoms in total. The van der Waals surface area contributed by atoms with Gasteiger partial charge in [0.15, 0.2) is 11.5 Å². The summed E-state index contributed by atoms with van der Waals surface area (Å²) in [5.41, 5.74) is 3.92. The van der Waals surface area contributed by atoms with E-state index in [1.165, 1.54) is 0 Å². The van der Waals surface area contributed by atoms with Crippen molar-refractivity contribution < 1.29 is 9.47 Å². The molecule has 0 atom stereocenters. The highest BCUT2D eigenvalue weighted by Gasteiger charge is 2.21. The highest BCUT2D eigenvalue weighted by Crippen LogP contribution is 2.36. The Morgan fingerprint density at radius 2 is 1.71 bits per heavy atom. The Morgan fingerprint density at radius 1 is 0.964 bits per heavy atom. The van der Waals surface area contributed by atoms with Gasteiger partial charge in [-0.1, -0.05) is 20.8 Å². The van der Waals surface area contributed by atoms with Crippen molar-refractivity contribution in [2.45, 2.75) is 40.0 Å². The second-order valence-electron chi connectivity index (χ2n) is 6.77. The molecule has 1 aromatic carbocycles. The minimum atomic E-state index is 0.758. The number of aromatic nitrogens is 3. The van der Waals surface area contributed by atoms with Gasteiger partial charge in [-0.3, -0.25) is 0 Å². The molecule has 3 rings (SSSR count). The third-order valence-electron chi connectivity index (χ3n) is 4.88. The lowest BCUT2D eigenvalue weighted by atomic mass is 10.1. The van der Waals surface area contributed by atoms with Crippen molar-refractivity contribution >= 4 is 11.5 Å². The summed E-state index contributed by atoms with van der Waals surface area (Å²) in [6.07, 6.45) is 4.87. The molecule has 0 saturated carbocycles. The second-order valence-corrected chi connectivity index (χ2v) is 6.77. The third kappa shape index (κ3) is 3.63. The normalized spacial score (nSPS) is 11.0. The van der Waals surface area contributed by atoms with E-state index in [0.29, 0.717) is 0 Å². The average molecular weight is 383 g/mol. The highest BCUT2D eigenvalue weighted by molar-refractivity contribution is 5.83. The van der Waals surface area contributed by atoms with Gasteiger partial charge < -0.3 is 14.4 Å². The Bertz CT molecular complexity index is 930. The molecule has 0 N–H and O–H groups in total. The summed E-state index contributed by atoms with van der Waals surface area (Å²) < 4.78 is 13.0. The number of fused-ring (bicyclic) bond motifs is 1. The Balaban J connectivity index is 2.22. The van der Waals surface area contributed by atoms with E-state index < -0.39 is 0 Å². The van der Waals surface area contributed by atoms with Crippen LogP contribution in [-0.4, -0.2) is 41.9 Å². The number of imidazole rings is 1. The van der Waals surface area contributed by atoms with Gasteiger partial charge in [0.1, 0.15) is 11.5 Å². The molecular weight excluding hydrogens is 352 g/mol. The van der Waals surface area contributed by atoms with Crippen LogP contribution in [0, 0.1) is 0 Å². The molecule has 0 unspecified atom stereocenters. The minimum absolute atomic E-state index is 0.758. The van der Waals surface area contributed by atoms with Crippen molar-refractivity contribution in [3.8, 4) is 22.6 Å². The van der Waals surface area contributed by atoms with Gasteiger partial charge in [0, 0.05) is 36.5 Å². The summed E-state index contributed by atoms with van der Waals surface area (Å²) in [4.78, 5) is 7.39. The van der Waals surface area contributed by atoms with E-state index in [4.69, 9.17) is 14.5 Å². The number of hydrogen-bond donors (Lipinski definition) is 0. The number of nitrogens with zero attached hydrogens (tertiary/aromatic N) is 4. The lowest BCUT2D eigenvalue weighted by Crippen LogP contribution is -2.27. The van der Waals surface area contributed by atoms with E-state index >= 15 is 0 Å². The van der Waals surface area contributed by atoms with Crippen molar-refractivity contribution in [1.29, 1.82) is 0 Å². The minimum Gasteiger partial charge on any atom is -0.497 e. The van der Waals surface area contributed by atoms with E-state index in [1.54, 1.807) is 14.2 Å². The van der Waals surface area contributed by atoms with Crippen molar-refractivity contribution in [3.05, 3.63) is 36.2 Å². The molecule has 0 aliphatic carbocycles. The fraction of sp³-hybridized carbons (Fsp3) is 0.455. The maximum Gasteiger partial charge on any atom is 0.164 e. The van der Waals surface area contributed by atoms with E-state index in [2.05, 4.69) is 30.8 Å². The Labute approximate surface area is 167 Å². The Morgan fingerprint density at radius 3 is 2.32 bits per heavy atom. The van der Waals surface area contributed by atoms with Gasteiger partial charge in [0.25, 0.3) is 0 Å². The Hall–Kier alpha value is -2.76. The lowest BCUT2D eigenvalue weighted by Gasteiger charge is -2.23. The lowest BCUT2D eigenvalue weighted by molar-refractivity contribution is 0.395. The van der Waals surface area contributed by atoms with Crippen LogP contribution >= 0.6 is 0 Å². The molecule has 2 heterocycles. The Kier molecular flexibility index (Phi) is 6.39. The molecular formula is C22H30N4O2. The van der Waals surface area contributed by atoms with Crippen molar-refractivity contribution in [2.24, 2.45) is 0 Å². The molecule has 150 valence electrons. The smallest absolute Gasteiger partial charge is 0.164 e. The third-order valence-corrected chi connectivity index (χ3v) is 4.88. The number of aryl methyl sites for hydroxylation is 1. The summed E-state index contributed by atoms with van der Waals surface area (Å²) in [5, 5.41) is 4.66. The molecule has 6 heteroatoms. The molecule has 0 radical (unpaired) electrons. The van der Waals surface area contributed by atoms with Crippen LogP contribution in [0.2, 0.25) is 0 Å². The summed E-state index contributed by atoms with van der Waals surface area (Å²) in [6, 6.07) is 7.86. The van der Waals surface area contributed by atoms with E-state index in [9.17, 15) is 0 Å². The SMILES string of the molecule is CCCN(CCC)c1c(CC)nc2c(-c3ccc(OC)cc3OC)ccnn12. The average Bonchev–Trinajstić information content (AvgIpc) is 3.11. The van der Waals surface area contributed by atoms with Crippen LogP contribution in [0.5, 0.6) is 11.5 Å². The fourth-order valence-electron chi connectivity index (χ4n) is 3.63. The van der Waals surface area contributed by atoms with Gasteiger partial charge in [-0.05, 0) is 37.5 Å². The van der Waals surface area contributed by atoms with Gasteiger partial charge in [-0.25, -0.2) is 4.98 Å². The molecule has 0 aliphatic rings. The fourth-order valence-corrected chi connectivity index (χ4v) is 3.63. The number of benzene rings is 1. The van der Waals surface area contributed by atoms with Crippen molar-refractivity contribution in [3.63, 3.8) is 0 Å². The van der Waals surface area contributed by atoms with E-state index in [0.717, 1.165) is 72.1 Å². The van der Waals surface area contributed by atoms with Crippen molar-refractivity contribution in [1.82, 2.24) is 14.6 Å². The first-order valence-corrected chi connectivity index (χ1v) is 10.0. The topological polar surface area (TPSA) is 51.9 Å². The maximum absolute atomic E-state index is 5.63. The summed E-state index contributed by atoms with van der Waals surface area (Å²) in [5.74, 6) is 2.63. The van der Waals surface area contributed by atoms with Gasteiger partial charge in [-0.2, -0.15) is 9.61 Å². The zero-order chi connectivity index (χ0) is 20.1. The first-order valence-electron chi connectivity index (χ1n) is 10.0. The maximum atomic E-state index is 5.63. The molecule has 0 aliphatic heterocycles. The molecule has 0 spiro atoms. The molecule has 3 aromatic rings. The monoisotopic (exact) mass is 382 g/mol. The van der Waals surface area contributed by atoms with Crippen molar-refractivity contribution in [2.75, 3.05) is 32.2 Å². The number of rotatable bonds is 9. The molecule has 2 aromatic heterocycles. The summed E-state index contributed by atoms with van der Waals surface area (Å²) in [7, 11) is 3.33. The predicted molar refractivity (Wildman–Crippen MR) is 114 cm³/mol. The van der Waals surface area contributed by atoms with E-state index in [1.807, 2.05) is 35.0 Å².